The predicted molar refractivity (Wildman–Crippen MR) is 292 cm³/mol. The smallest absolute Gasteiger partial charge is 0.477 e. The number of Topliss-reactive ketones (excluding diaryl/α,β-unsaturated/α-hetero) is 1. The number of nitrogens with one attached hydrogen (secondary N) is 1. The molecule has 18 atom stereocenters. The second-order valence-electron chi connectivity index (χ2n) is 24.1. The Labute approximate surface area is 469 Å². The Hall–Kier alpha value is -4.36. The number of likely N-dealkylation sites (N-methyl/N-ethyl adjacent to an activating group) is 2. The van der Waals surface area contributed by atoms with E-state index in [9.17, 15) is 34.2 Å². The van der Waals surface area contributed by atoms with Crippen molar-refractivity contribution in [1.29, 1.82) is 0 Å². The highest BCUT2D eigenvalue weighted by atomic mass is 19.1. The number of benzene rings is 1. The number of carboxylic acid groups (broad SMARTS) is 1. The number of carbonyl (C=O) groups is 4. The first-order chi connectivity index (χ1) is 37.6. The highest BCUT2D eigenvalue weighted by molar-refractivity contribution is 5.93. The van der Waals surface area contributed by atoms with Crippen LogP contribution in [0.25, 0.3) is 10.9 Å². The molecule has 1 aromatic carbocycles. The van der Waals surface area contributed by atoms with E-state index in [-0.39, 0.29) is 59.9 Å². The maximum absolute atomic E-state index is 15.4. The summed E-state index contributed by atoms with van der Waals surface area (Å²) in [4.78, 5) is 71.1. The number of ketones is 1. The first-order valence-corrected chi connectivity index (χ1v) is 28.5. The summed E-state index contributed by atoms with van der Waals surface area (Å²) in [7, 11) is 8.83. The summed E-state index contributed by atoms with van der Waals surface area (Å²) in [6.07, 6.45) is -5.05. The number of halogens is 1. The van der Waals surface area contributed by atoms with Gasteiger partial charge in [-0.2, -0.15) is 0 Å². The fourth-order valence-electron chi connectivity index (χ4n) is 12.9. The van der Waals surface area contributed by atoms with Gasteiger partial charge in [-0.05, 0) is 113 Å². The zero-order valence-electron chi connectivity index (χ0n) is 49.5. The molecule has 4 aliphatic heterocycles. The number of hydrogen-bond acceptors (Lipinski definition) is 19. The van der Waals surface area contributed by atoms with Crippen molar-refractivity contribution in [2.24, 2.45) is 23.7 Å². The Morgan fingerprint density at radius 1 is 0.900 bits per heavy atom. The number of cyclic esters (lactones) is 1. The van der Waals surface area contributed by atoms with Gasteiger partial charge in [0.05, 0.1) is 58.7 Å². The third-order valence-electron chi connectivity index (χ3n) is 17.8. The molecule has 5 aliphatic rings. The molecule has 2 aromatic rings. The fraction of sp³-hybridized carbons (Fsp3) is 0.776. The van der Waals surface area contributed by atoms with Gasteiger partial charge < -0.3 is 77.3 Å². The first kappa shape index (κ1) is 63.2. The van der Waals surface area contributed by atoms with E-state index >= 15 is 4.39 Å². The van der Waals surface area contributed by atoms with Gasteiger partial charge in [0.2, 0.25) is 5.43 Å². The van der Waals surface area contributed by atoms with Gasteiger partial charge in [-0.3, -0.25) is 14.4 Å². The second-order valence-corrected chi connectivity index (χ2v) is 24.1. The van der Waals surface area contributed by atoms with Crippen LogP contribution >= 0.6 is 0 Å². The summed E-state index contributed by atoms with van der Waals surface area (Å²) in [5, 5.41) is 24.7. The number of fused-ring (bicyclic) bond motifs is 2. The first-order valence-electron chi connectivity index (χ1n) is 28.5. The normalized spacial score (nSPS) is 37.5. The van der Waals surface area contributed by atoms with Crippen LogP contribution in [0.3, 0.4) is 0 Å². The number of nitrogens with zero attached hydrogens (tertiary/aromatic N) is 3. The van der Waals surface area contributed by atoms with E-state index in [2.05, 4.69) is 10.2 Å². The molecule has 0 bridgehead atoms. The van der Waals surface area contributed by atoms with Crippen LogP contribution in [0.4, 0.5) is 14.9 Å². The summed E-state index contributed by atoms with van der Waals surface area (Å²) < 4.78 is 81.3. The third kappa shape index (κ3) is 13.3. The highest BCUT2D eigenvalue weighted by Crippen LogP contribution is 2.45. The van der Waals surface area contributed by atoms with Crippen LogP contribution < -0.4 is 10.7 Å². The minimum absolute atomic E-state index is 0.0325. The number of esters is 1. The van der Waals surface area contributed by atoms with Crippen LogP contribution in [0, 0.1) is 29.5 Å². The van der Waals surface area contributed by atoms with Crippen molar-refractivity contribution < 1.29 is 81.2 Å². The number of aliphatic hydroxyl groups is 1. The lowest BCUT2D eigenvalue weighted by atomic mass is 9.74. The number of pyridine rings is 1. The number of aromatic carboxylic acids is 1. The molecule has 1 aromatic heterocycles. The Balaban J connectivity index is 1.07. The summed E-state index contributed by atoms with van der Waals surface area (Å²) in [5.74, 6) is -6.24. The summed E-state index contributed by atoms with van der Waals surface area (Å²) >= 11 is 0. The highest BCUT2D eigenvalue weighted by Gasteiger charge is 2.60. The van der Waals surface area contributed by atoms with Gasteiger partial charge in [0, 0.05) is 82.4 Å². The Bertz CT molecular complexity index is 2580. The quantitative estimate of drug-likeness (QED) is 0.0995. The van der Waals surface area contributed by atoms with E-state index in [1.807, 2.05) is 60.7 Å². The summed E-state index contributed by atoms with van der Waals surface area (Å²) in [5.41, 5.74) is -4.16. The van der Waals surface area contributed by atoms with Gasteiger partial charge in [-0.25, -0.2) is 14.0 Å². The Kier molecular flexibility index (Phi) is 20.3. The minimum atomic E-state index is -1.51. The lowest BCUT2D eigenvalue weighted by Crippen LogP contribution is -2.61. The SMILES string of the molecule is CC[C@@H]1OC(=O)[C@H](C)[C@H](O[C@@H]2C[C@](C)(OC)[C@H](OCCCN(C)CCNc3cc4c(cc3F)c(=O)c(C(=O)O)cn4C3CC3)[C@H](C)O2)[C@@H](C)[C@H](O[C@H]2O[C@@H](C)C[C@@H](N(C)C)[C@H]2O)[C@](C)(OC)C[C@H](C)C(=O)[C@H](C)[C@H]2OC(=O)O[C@@]12C. The van der Waals surface area contributed by atoms with Crippen molar-refractivity contribution in [1.82, 2.24) is 14.4 Å². The van der Waals surface area contributed by atoms with Crippen LogP contribution in [0.15, 0.2) is 23.1 Å². The fourth-order valence-corrected chi connectivity index (χ4v) is 12.9. The van der Waals surface area contributed by atoms with E-state index in [1.165, 1.54) is 13.3 Å². The zero-order chi connectivity index (χ0) is 58.9. The molecule has 22 heteroatoms. The van der Waals surface area contributed by atoms with Gasteiger partial charge in [0.25, 0.3) is 0 Å². The van der Waals surface area contributed by atoms with Crippen molar-refractivity contribution in [2.75, 3.05) is 66.9 Å². The van der Waals surface area contributed by atoms with Gasteiger partial charge in [0.1, 0.15) is 35.5 Å². The zero-order valence-corrected chi connectivity index (χ0v) is 49.5. The number of aliphatic hydroxyl groups excluding tert-OH is 1. The topological polar surface area (TPSA) is 242 Å². The van der Waals surface area contributed by atoms with Crippen LogP contribution in [-0.2, 0) is 57.0 Å². The molecule has 4 saturated heterocycles. The number of aromatic nitrogens is 1. The van der Waals surface area contributed by atoms with Crippen molar-refractivity contribution in [3.05, 3.63) is 39.9 Å². The number of carbonyl (C=O) groups excluding carboxylic acids is 3. The van der Waals surface area contributed by atoms with E-state index in [0.717, 1.165) is 18.9 Å². The van der Waals surface area contributed by atoms with Crippen LogP contribution in [0.5, 0.6) is 0 Å². The van der Waals surface area contributed by atoms with Crippen molar-refractivity contribution in [3.63, 3.8) is 0 Å². The van der Waals surface area contributed by atoms with Crippen molar-refractivity contribution in [2.45, 2.75) is 204 Å². The van der Waals surface area contributed by atoms with E-state index < -0.39 is 125 Å². The molecule has 5 fully saturated rings. The standard InChI is InChI=1S/C58H89FN4O17/c1-16-43-58(10)50(79-55(70)80-58)32(4)45(64)30(2)27-56(8,71-14)49(78-54-47(66)42(61(11)12)24-31(3)74-54)33(5)48(34(6)53(69)76-43)77-44-28-57(9,72-15)51(35(7)75-44)73-23-17-21-62(13)22-20-60-40-26-41-37(25-39(40)59)46(65)38(52(67)68)29-63(41)36-18-19-36/h25-26,29-36,42-44,47-51,54,60,66H,16-24,27-28H2,1-15H3,(H,67,68)/t30-,31-,32-,33+,34+,35-,42+,43-,44+,47+,48+,49-,50+,51+,54+,56+,57-,58-/m0/s1. The molecule has 5 heterocycles. The number of anilines is 1. The number of ether oxygens (including phenoxy) is 10. The number of carboxylic acids is 1. The van der Waals surface area contributed by atoms with Crippen LogP contribution in [0.1, 0.15) is 131 Å². The molecule has 1 saturated carbocycles. The van der Waals surface area contributed by atoms with Gasteiger partial charge in [-0.15, -0.1) is 0 Å². The molecule has 21 nitrogen and oxygen atoms in total. The molecule has 80 heavy (non-hydrogen) atoms. The van der Waals surface area contributed by atoms with E-state index in [1.54, 1.807) is 52.4 Å². The van der Waals surface area contributed by atoms with Crippen molar-refractivity contribution >= 4 is 40.5 Å². The van der Waals surface area contributed by atoms with Gasteiger partial charge in [-0.1, -0.05) is 27.7 Å². The number of hydrogen-bond donors (Lipinski definition) is 3. The lowest BCUT2D eigenvalue weighted by molar-refractivity contribution is -0.322. The van der Waals surface area contributed by atoms with E-state index in [4.69, 9.17) is 47.4 Å². The lowest BCUT2D eigenvalue weighted by Gasteiger charge is -2.50. The molecule has 450 valence electrons. The molecule has 0 radical (unpaired) electrons. The second kappa shape index (κ2) is 25.6. The number of methoxy groups -OCH3 is 2. The van der Waals surface area contributed by atoms with Crippen LogP contribution in [0.2, 0.25) is 0 Å². The largest absolute Gasteiger partial charge is 0.509 e. The maximum atomic E-state index is 15.4. The molecular weight excluding hydrogens is 1040 g/mol. The van der Waals surface area contributed by atoms with Gasteiger partial charge in [0.15, 0.2) is 24.3 Å². The van der Waals surface area contributed by atoms with Gasteiger partial charge >= 0.3 is 18.1 Å². The molecule has 0 spiro atoms. The average Bonchev–Trinajstić information content (AvgIpc) is 4.21. The molecular formula is C58H89FN4O17. The molecule has 1 aliphatic carbocycles. The molecule has 3 N–H and O–H groups in total. The molecule has 0 amide bonds. The average molecular weight is 1130 g/mol. The monoisotopic (exact) mass is 1130 g/mol. The Morgan fingerprint density at radius 3 is 2.20 bits per heavy atom. The van der Waals surface area contributed by atoms with Crippen molar-refractivity contribution in [3.8, 4) is 0 Å². The third-order valence-corrected chi connectivity index (χ3v) is 17.8. The molecule has 7 rings (SSSR count). The maximum Gasteiger partial charge on any atom is 0.509 e. The molecule has 0 unspecified atom stereocenters. The minimum Gasteiger partial charge on any atom is -0.477 e. The Morgan fingerprint density at radius 2 is 1.57 bits per heavy atom. The van der Waals surface area contributed by atoms with E-state index in [0.29, 0.717) is 44.6 Å². The number of rotatable bonds is 19. The van der Waals surface area contributed by atoms with Crippen LogP contribution in [-0.4, -0.2) is 194 Å². The summed E-state index contributed by atoms with van der Waals surface area (Å²) in [6, 6.07) is 2.43. The summed E-state index contributed by atoms with van der Waals surface area (Å²) in [6.45, 7) is 19.9. The predicted octanol–water partition coefficient (Wildman–Crippen LogP) is 6.57.